The van der Waals surface area contributed by atoms with Crippen molar-refractivity contribution in [2.45, 2.75) is 13.0 Å². The first-order chi connectivity index (χ1) is 12.5. The van der Waals surface area contributed by atoms with Gasteiger partial charge >= 0.3 is 0 Å². The summed E-state index contributed by atoms with van der Waals surface area (Å²) < 4.78 is 0. The molecule has 0 aliphatic carbocycles. The third kappa shape index (κ3) is 4.76. The molecule has 0 unspecified atom stereocenters. The van der Waals surface area contributed by atoms with Crippen LogP contribution in [0.3, 0.4) is 0 Å². The van der Waals surface area contributed by atoms with E-state index in [1.807, 2.05) is 29.2 Å². The number of halogens is 2. The molecule has 1 aliphatic heterocycles. The van der Waals surface area contributed by atoms with Crippen molar-refractivity contribution in [1.29, 1.82) is 5.26 Å². The van der Waals surface area contributed by atoms with E-state index >= 15 is 0 Å². The van der Waals surface area contributed by atoms with E-state index in [1.54, 1.807) is 18.2 Å². The van der Waals surface area contributed by atoms with Gasteiger partial charge in [-0.05, 0) is 42.3 Å². The van der Waals surface area contributed by atoms with Crippen LogP contribution in [-0.2, 0) is 6.54 Å². The van der Waals surface area contributed by atoms with Crippen LogP contribution >= 0.6 is 23.2 Å². The second-order valence-electron chi connectivity index (χ2n) is 6.39. The molecule has 0 spiro atoms. The highest BCUT2D eigenvalue weighted by molar-refractivity contribution is 6.35. The Balaban J connectivity index is 1.62. The summed E-state index contributed by atoms with van der Waals surface area (Å²) >= 11 is 12.0. The molecule has 1 heterocycles. The SMILES string of the molecule is N#Cc1ccc(CN2CCCN(C(=O)c3cc(Cl)cc(Cl)c3)CC2)cc1. The van der Waals surface area contributed by atoms with E-state index in [9.17, 15) is 4.79 Å². The molecule has 1 aliphatic rings. The molecule has 2 aromatic rings. The normalized spacial score (nSPS) is 15.3. The lowest BCUT2D eigenvalue weighted by Gasteiger charge is -2.22. The van der Waals surface area contributed by atoms with Crippen molar-refractivity contribution in [3.8, 4) is 6.07 Å². The minimum atomic E-state index is -0.0328. The number of amides is 1. The zero-order valence-electron chi connectivity index (χ0n) is 14.3. The fourth-order valence-electron chi connectivity index (χ4n) is 3.13. The number of carbonyl (C=O) groups is 1. The molecule has 2 aromatic carbocycles. The number of benzene rings is 2. The maximum absolute atomic E-state index is 12.8. The zero-order valence-corrected chi connectivity index (χ0v) is 15.8. The van der Waals surface area contributed by atoms with Gasteiger partial charge in [0.2, 0.25) is 0 Å². The molecule has 0 atom stereocenters. The summed E-state index contributed by atoms with van der Waals surface area (Å²) in [7, 11) is 0. The van der Waals surface area contributed by atoms with Gasteiger partial charge in [-0.1, -0.05) is 35.3 Å². The summed E-state index contributed by atoms with van der Waals surface area (Å²) in [6.45, 7) is 3.93. The van der Waals surface area contributed by atoms with Gasteiger partial charge in [0, 0.05) is 48.3 Å². The lowest BCUT2D eigenvalue weighted by molar-refractivity contribution is 0.0761. The van der Waals surface area contributed by atoms with Gasteiger partial charge < -0.3 is 4.90 Å². The average Bonchev–Trinajstić information content (AvgIpc) is 2.86. The maximum atomic E-state index is 12.8. The van der Waals surface area contributed by atoms with Crippen LogP contribution in [0, 0.1) is 11.3 Å². The van der Waals surface area contributed by atoms with Gasteiger partial charge in [0.25, 0.3) is 5.91 Å². The second-order valence-corrected chi connectivity index (χ2v) is 7.26. The van der Waals surface area contributed by atoms with E-state index < -0.39 is 0 Å². The quantitative estimate of drug-likeness (QED) is 0.791. The highest BCUT2D eigenvalue weighted by Gasteiger charge is 2.21. The van der Waals surface area contributed by atoms with E-state index in [2.05, 4.69) is 11.0 Å². The number of nitrogens with zero attached hydrogens (tertiary/aromatic N) is 3. The van der Waals surface area contributed by atoms with Gasteiger partial charge in [-0.2, -0.15) is 5.26 Å². The summed E-state index contributed by atoms with van der Waals surface area (Å²) in [5.74, 6) is -0.0328. The monoisotopic (exact) mass is 387 g/mol. The molecule has 0 saturated carbocycles. The topological polar surface area (TPSA) is 47.3 Å². The van der Waals surface area contributed by atoms with E-state index in [1.165, 1.54) is 5.56 Å². The van der Waals surface area contributed by atoms with Crippen molar-refractivity contribution < 1.29 is 4.79 Å². The highest BCUT2D eigenvalue weighted by atomic mass is 35.5. The third-order valence-corrected chi connectivity index (χ3v) is 4.91. The smallest absolute Gasteiger partial charge is 0.254 e. The maximum Gasteiger partial charge on any atom is 0.254 e. The lowest BCUT2D eigenvalue weighted by Crippen LogP contribution is -2.35. The zero-order chi connectivity index (χ0) is 18.5. The molecular weight excluding hydrogens is 369 g/mol. The van der Waals surface area contributed by atoms with Gasteiger partial charge in [-0.3, -0.25) is 9.69 Å². The fraction of sp³-hybridized carbons (Fsp3) is 0.300. The second kappa shape index (κ2) is 8.55. The minimum Gasteiger partial charge on any atom is -0.337 e. The minimum absolute atomic E-state index is 0.0328. The van der Waals surface area contributed by atoms with Crippen LogP contribution in [0.4, 0.5) is 0 Å². The molecule has 0 bridgehead atoms. The summed E-state index contributed by atoms with van der Waals surface area (Å²) in [6, 6.07) is 14.7. The molecule has 6 heteroatoms. The van der Waals surface area contributed by atoms with E-state index in [0.29, 0.717) is 34.3 Å². The van der Waals surface area contributed by atoms with Crippen LogP contribution in [0.2, 0.25) is 10.0 Å². The van der Waals surface area contributed by atoms with Gasteiger partial charge in [0.1, 0.15) is 0 Å². The van der Waals surface area contributed by atoms with Crippen molar-refractivity contribution in [2.24, 2.45) is 0 Å². The first-order valence-electron chi connectivity index (χ1n) is 8.52. The summed E-state index contributed by atoms with van der Waals surface area (Å²) in [5, 5.41) is 9.82. The van der Waals surface area contributed by atoms with Crippen molar-refractivity contribution in [3.63, 3.8) is 0 Å². The van der Waals surface area contributed by atoms with Gasteiger partial charge in [0.05, 0.1) is 11.6 Å². The Morgan fingerprint density at radius 1 is 1.00 bits per heavy atom. The Morgan fingerprint density at radius 2 is 1.69 bits per heavy atom. The predicted molar refractivity (Wildman–Crippen MR) is 103 cm³/mol. The van der Waals surface area contributed by atoms with Crippen molar-refractivity contribution >= 4 is 29.1 Å². The lowest BCUT2D eigenvalue weighted by atomic mass is 10.1. The number of nitriles is 1. The number of carbonyl (C=O) groups excluding carboxylic acids is 1. The highest BCUT2D eigenvalue weighted by Crippen LogP contribution is 2.21. The number of hydrogen-bond donors (Lipinski definition) is 0. The standard InChI is InChI=1S/C20H19Cl2N3O/c21-18-10-17(11-19(22)12-18)20(26)25-7-1-6-24(8-9-25)14-16-4-2-15(13-23)3-5-16/h2-5,10-12H,1,6-9,14H2. The Bertz CT molecular complexity index is 810. The van der Waals surface area contributed by atoms with Gasteiger partial charge in [-0.15, -0.1) is 0 Å². The summed E-state index contributed by atoms with van der Waals surface area (Å²) in [5.41, 5.74) is 2.37. The molecule has 0 aromatic heterocycles. The van der Waals surface area contributed by atoms with E-state index in [4.69, 9.17) is 28.5 Å². The predicted octanol–water partition coefficient (Wildman–Crippen LogP) is 4.21. The van der Waals surface area contributed by atoms with Gasteiger partial charge in [-0.25, -0.2) is 0 Å². The Labute approximate surface area is 163 Å². The van der Waals surface area contributed by atoms with Crippen LogP contribution < -0.4 is 0 Å². The molecule has 0 N–H and O–H groups in total. The van der Waals surface area contributed by atoms with Crippen LogP contribution in [0.1, 0.15) is 27.9 Å². The summed E-state index contributed by atoms with van der Waals surface area (Å²) in [6.07, 6.45) is 0.913. The molecular formula is C20H19Cl2N3O. The molecule has 1 fully saturated rings. The summed E-state index contributed by atoms with van der Waals surface area (Å²) in [4.78, 5) is 16.9. The van der Waals surface area contributed by atoms with Crippen molar-refractivity contribution in [2.75, 3.05) is 26.2 Å². The van der Waals surface area contributed by atoms with E-state index in [-0.39, 0.29) is 5.91 Å². The number of hydrogen-bond acceptors (Lipinski definition) is 3. The first-order valence-corrected chi connectivity index (χ1v) is 9.27. The largest absolute Gasteiger partial charge is 0.337 e. The number of rotatable bonds is 3. The van der Waals surface area contributed by atoms with E-state index in [0.717, 1.165) is 26.1 Å². The molecule has 1 saturated heterocycles. The Hall–Kier alpha value is -2.06. The molecule has 26 heavy (non-hydrogen) atoms. The van der Waals surface area contributed by atoms with Gasteiger partial charge in [0.15, 0.2) is 0 Å². The first kappa shape index (κ1) is 18.7. The molecule has 4 nitrogen and oxygen atoms in total. The Kier molecular flexibility index (Phi) is 6.16. The van der Waals surface area contributed by atoms with Crippen molar-refractivity contribution in [1.82, 2.24) is 9.80 Å². The molecule has 3 rings (SSSR count). The molecule has 0 radical (unpaired) electrons. The Morgan fingerprint density at radius 3 is 2.35 bits per heavy atom. The average molecular weight is 388 g/mol. The van der Waals surface area contributed by atoms with Crippen LogP contribution in [0.15, 0.2) is 42.5 Å². The van der Waals surface area contributed by atoms with Crippen molar-refractivity contribution in [3.05, 3.63) is 69.2 Å². The van der Waals surface area contributed by atoms with Crippen LogP contribution in [-0.4, -0.2) is 41.9 Å². The molecule has 134 valence electrons. The van der Waals surface area contributed by atoms with Crippen LogP contribution in [0.25, 0.3) is 0 Å². The third-order valence-electron chi connectivity index (χ3n) is 4.47. The van der Waals surface area contributed by atoms with Crippen LogP contribution in [0.5, 0.6) is 0 Å². The molecule has 1 amide bonds. The fourth-order valence-corrected chi connectivity index (χ4v) is 3.66.